The summed E-state index contributed by atoms with van der Waals surface area (Å²) in [6, 6.07) is 13.2. The summed E-state index contributed by atoms with van der Waals surface area (Å²) in [6.07, 6.45) is 1.66. The molecule has 5 nitrogen and oxygen atoms in total. The Kier molecular flexibility index (Phi) is 5.76. The van der Waals surface area contributed by atoms with Crippen LogP contribution >= 0.6 is 27.5 Å². The monoisotopic (exact) mass is 475 g/mol. The molecule has 0 unspecified atom stereocenters. The molecule has 2 aromatic rings. The summed E-state index contributed by atoms with van der Waals surface area (Å²) < 4.78 is 6.57. The highest BCUT2D eigenvalue weighted by Gasteiger charge is 2.47. The van der Waals surface area contributed by atoms with E-state index < -0.39 is 17.7 Å². The number of rotatable bonds is 4. The largest absolute Gasteiger partial charge is 0.507 e. The van der Waals surface area contributed by atoms with Crippen LogP contribution in [0.3, 0.4) is 0 Å². The fraction of sp³-hybridized carbons (Fsp3) is 0.273. The smallest absolute Gasteiger partial charge is 0.295 e. The maximum atomic E-state index is 12.9. The number of hydrogen-bond donors (Lipinski definition) is 1. The first-order chi connectivity index (χ1) is 14.0. The lowest BCUT2D eigenvalue weighted by atomic mass is 9.95. The Morgan fingerprint density at radius 3 is 2.45 bits per heavy atom. The van der Waals surface area contributed by atoms with E-state index in [9.17, 15) is 14.7 Å². The SMILES string of the molecule is O=C1C(=O)N(C[C@H]2CCCO2)[C@@H](c2ccc(Br)cc2)C1=C(O)c1ccc(Cl)cc1. The number of benzene rings is 2. The van der Waals surface area contributed by atoms with E-state index in [0.717, 1.165) is 22.9 Å². The van der Waals surface area contributed by atoms with Gasteiger partial charge in [-0.25, -0.2) is 0 Å². The molecule has 0 spiro atoms. The molecule has 2 aliphatic heterocycles. The average molecular weight is 477 g/mol. The number of aliphatic hydroxyl groups excluding tert-OH is 1. The Bertz CT molecular complexity index is 965. The highest BCUT2D eigenvalue weighted by Crippen LogP contribution is 2.40. The van der Waals surface area contributed by atoms with Gasteiger partial charge in [0, 0.05) is 28.2 Å². The third kappa shape index (κ3) is 3.97. The fourth-order valence-corrected chi connectivity index (χ4v) is 4.22. The average Bonchev–Trinajstić information content (AvgIpc) is 3.31. The summed E-state index contributed by atoms with van der Waals surface area (Å²) in [5.74, 6) is -1.52. The molecule has 2 fully saturated rings. The first-order valence-corrected chi connectivity index (χ1v) is 10.5. The first kappa shape index (κ1) is 20.1. The van der Waals surface area contributed by atoms with E-state index in [0.29, 0.717) is 23.7 Å². The third-order valence-corrected chi connectivity index (χ3v) is 6.05. The molecule has 150 valence electrons. The predicted molar refractivity (Wildman–Crippen MR) is 114 cm³/mol. The van der Waals surface area contributed by atoms with E-state index in [1.54, 1.807) is 24.3 Å². The molecule has 0 radical (unpaired) electrons. The molecule has 2 saturated heterocycles. The Morgan fingerprint density at radius 2 is 1.83 bits per heavy atom. The van der Waals surface area contributed by atoms with Crippen LogP contribution in [0.4, 0.5) is 0 Å². The molecule has 29 heavy (non-hydrogen) atoms. The topological polar surface area (TPSA) is 66.8 Å². The van der Waals surface area contributed by atoms with Crippen LogP contribution in [-0.2, 0) is 14.3 Å². The van der Waals surface area contributed by atoms with Crippen LogP contribution in [0.1, 0.15) is 30.0 Å². The number of likely N-dealkylation sites (tertiary alicyclic amines) is 1. The summed E-state index contributed by atoms with van der Waals surface area (Å²) in [5, 5.41) is 11.5. The van der Waals surface area contributed by atoms with E-state index >= 15 is 0 Å². The maximum absolute atomic E-state index is 12.9. The lowest BCUT2D eigenvalue weighted by molar-refractivity contribution is -0.140. The zero-order valence-electron chi connectivity index (χ0n) is 15.5. The van der Waals surface area contributed by atoms with Gasteiger partial charge in [0.15, 0.2) is 0 Å². The van der Waals surface area contributed by atoms with Gasteiger partial charge in [0.05, 0.1) is 17.7 Å². The van der Waals surface area contributed by atoms with Gasteiger partial charge in [0.2, 0.25) is 0 Å². The molecule has 4 rings (SSSR count). The fourth-order valence-electron chi connectivity index (χ4n) is 3.83. The number of hydrogen-bond acceptors (Lipinski definition) is 4. The van der Waals surface area contributed by atoms with Gasteiger partial charge in [-0.3, -0.25) is 9.59 Å². The van der Waals surface area contributed by atoms with Gasteiger partial charge in [0.1, 0.15) is 5.76 Å². The van der Waals surface area contributed by atoms with Crippen molar-refractivity contribution in [2.75, 3.05) is 13.2 Å². The van der Waals surface area contributed by atoms with Crippen molar-refractivity contribution in [1.82, 2.24) is 4.90 Å². The number of ketones is 1. The van der Waals surface area contributed by atoms with Gasteiger partial charge in [-0.2, -0.15) is 0 Å². The minimum atomic E-state index is -0.691. The third-order valence-electron chi connectivity index (χ3n) is 5.27. The van der Waals surface area contributed by atoms with Crippen LogP contribution in [0.2, 0.25) is 5.02 Å². The zero-order chi connectivity index (χ0) is 20.5. The summed E-state index contributed by atoms with van der Waals surface area (Å²) in [5.41, 5.74) is 1.27. The molecule has 0 aliphatic carbocycles. The number of Topliss-reactive ketones (excluding diaryl/α,β-unsaturated/α-hetero) is 1. The van der Waals surface area contributed by atoms with Gasteiger partial charge in [-0.15, -0.1) is 0 Å². The molecule has 2 aliphatic rings. The van der Waals surface area contributed by atoms with Gasteiger partial charge >= 0.3 is 0 Å². The van der Waals surface area contributed by atoms with Crippen LogP contribution in [-0.4, -0.2) is 41.0 Å². The summed E-state index contributed by atoms with van der Waals surface area (Å²) in [4.78, 5) is 27.3. The number of carbonyl (C=O) groups excluding carboxylic acids is 2. The highest BCUT2D eigenvalue weighted by molar-refractivity contribution is 9.10. The molecular weight excluding hydrogens is 458 g/mol. The van der Waals surface area contributed by atoms with Crippen molar-refractivity contribution in [3.63, 3.8) is 0 Å². The van der Waals surface area contributed by atoms with Gasteiger partial charge < -0.3 is 14.7 Å². The molecule has 0 saturated carbocycles. The summed E-state index contributed by atoms with van der Waals surface area (Å²) in [6.45, 7) is 0.963. The van der Waals surface area contributed by atoms with Crippen molar-refractivity contribution < 1.29 is 19.4 Å². The van der Waals surface area contributed by atoms with E-state index in [1.807, 2.05) is 24.3 Å². The quantitative estimate of drug-likeness (QED) is 0.394. The predicted octanol–water partition coefficient (Wildman–Crippen LogP) is 4.70. The number of aliphatic hydroxyl groups is 1. The van der Waals surface area contributed by atoms with Crippen LogP contribution < -0.4 is 0 Å². The molecule has 0 aromatic heterocycles. The highest BCUT2D eigenvalue weighted by atomic mass is 79.9. The second-order valence-corrected chi connectivity index (χ2v) is 8.50. The number of nitrogens with zero attached hydrogens (tertiary/aromatic N) is 1. The lowest BCUT2D eigenvalue weighted by Crippen LogP contribution is -2.36. The molecule has 0 bridgehead atoms. The van der Waals surface area contributed by atoms with E-state index in [4.69, 9.17) is 16.3 Å². The van der Waals surface area contributed by atoms with Crippen molar-refractivity contribution in [2.45, 2.75) is 25.0 Å². The second kappa shape index (κ2) is 8.30. The second-order valence-electron chi connectivity index (χ2n) is 7.14. The molecular formula is C22H19BrClNO4. The minimum Gasteiger partial charge on any atom is -0.507 e. The first-order valence-electron chi connectivity index (χ1n) is 9.37. The normalized spacial score (nSPS) is 23.7. The van der Waals surface area contributed by atoms with Crippen molar-refractivity contribution in [3.05, 3.63) is 74.7 Å². The summed E-state index contributed by atoms with van der Waals surface area (Å²) >= 11 is 9.35. The molecule has 7 heteroatoms. The zero-order valence-corrected chi connectivity index (χ0v) is 17.8. The molecule has 2 heterocycles. The van der Waals surface area contributed by atoms with Crippen molar-refractivity contribution in [3.8, 4) is 0 Å². The standard InChI is InChI=1S/C22H19BrClNO4/c23-15-7-3-13(4-8-15)19-18(20(26)14-5-9-16(24)10-6-14)21(27)22(28)25(19)12-17-2-1-11-29-17/h3-10,17,19,26H,1-2,11-12H2/t17-,19+/m1/s1. The van der Waals surface area contributed by atoms with E-state index in [-0.39, 0.29) is 17.4 Å². The molecule has 2 atom stereocenters. The lowest BCUT2D eigenvalue weighted by Gasteiger charge is -2.27. The Balaban J connectivity index is 1.81. The van der Waals surface area contributed by atoms with E-state index in [2.05, 4.69) is 15.9 Å². The van der Waals surface area contributed by atoms with Crippen molar-refractivity contribution in [1.29, 1.82) is 0 Å². The van der Waals surface area contributed by atoms with Gasteiger partial charge in [-0.05, 0) is 54.8 Å². The Morgan fingerprint density at radius 1 is 1.14 bits per heavy atom. The van der Waals surface area contributed by atoms with E-state index in [1.165, 1.54) is 4.90 Å². The van der Waals surface area contributed by atoms with Crippen LogP contribution in [0.25, 0.3) is 5.76 Å². The number of ether oxygens (including phenoxy) is 1. The van der Waals surface area contributed by atoms with Gasteiger partial charge in [-0.1, -0.05) is 39.7 Å². The number of amides is 1. The van der Waals surface area contributed by atoms with Crippen molar-refractivity contribution in [2.24, 2.45) is 0 Å². The maximum Gasteiger partial charge on any atom is 0.295 e. The summed E-state index contributed by atoms with van der Waals surface area (Å²) in [7, 11) is 0. The Labute approximate surface area is 182 Å². The van der Waals surface area contributed by atoms with Crippen LogP contribution in [0.5, 0.6) is 0 Å². The number of halogens is 2. The van der Waals surface area contributed by atoms with Crippen molar-refractivity contribution >= 4 is 45.0 Å². The minimum absolute atomic E-state index is 0.0811. The Hall–Kier alpha value is -2.15. The number of carbonyl (C=O) groups is 2. The molecule has 1 amide bonds. The molecule has 1 N–H and O–H groups in total. The molecule has 2 aromatic carbocycles. The van der Waals surface area contributed by atoms with Gasteiger partial charge in [0.25, 0.3) is 11.7 Å². The van der Waals surface area contributed by atoms with Crippen LogP contribution in [0, 0.1) is 0 Å². The van der Waals surface area contributed by atoms with Crippen LogP contribution in [0.15, 0.2) is 58.6 Å².